The van der Waals surface area contributed by atoms with Crippen LogP contribution in [0.1, 0.15) is 67.0 Å². The Morgan fingerprint density at radius 1 is 1.07 bits per heavy atom. The number of amides is 1. The minimum atomic E-state index is -0.472. The molecule has 1 aliphatic rings. The van der Waals surface area contributed by atoms with Gasteiger partial charge in [-0.15, -0.1) is 0 Å². The number of carbonyl (C=O) groups excluding carboxylic acids is 1. The Balaban J connectivity index is 1.67. The number of hydrogen-bond acceptors (Lipinski definition) is 2. The van der Waals surface area contributed by atoms with Crippen molar-refractivity contribution in [3.8, 4) is 5.75 Å². The molecule has 0 saturated heterocycles. The number of rotatable bonds is 6. The van der Waals surface area contributed by atoms with Gasteiger partial charge in [-0.2, -0.15) is 0 Å². The number of hydrogen-bond donors (Lipinski definition) is 1. The van der Waals surface area contributed by atoms with Crippen LogP contribution in [0.4, 0.5) is 0 Å². The van der Waals surface area contributed by atoms with Gasteiger partial charge in [-0.1, -0.05) is 36.8 Å². The second kappa shape index (κ2) is 8.60. The molecule has 27 heavy (non-hydrogen) atoms. The summed E-state index contributed by atoms with van der Waals surface area (Å²) in [5, 5.41) is 3.13. The third-order valence-corrected chi connectivity index (χ3v) is 5.51. The second-order valence-electron chi connectivity index (χ2n) is 7.74. The Morgan fingerprint density at radius 3 is 2.52 bits per heavy atom. The van der Waals surface area contributed by atoms with Gasteiger partial charge in [0.2, 0.25) is 0 Å². The Labute approximate surface area is 163 Å². The fourth-order valence-corrected chi connectivity index (χ4v) is 3.97. The fourth-order valence-electron chi connectivity index (χ4n) is 3.97. The first kappa shape index (κ1) is 19.5. The van der Waals surface area contributed by atoms with Crippen LogP contribution in [-0.4, -0.2) is 12.0 Å². The van der Waals surface area contributed by atoms with Gasteiger partial charge in [-0.25, -0.2) is 0 Å². The summed E-state index contributed by atoms with van der Waals surface area (Å²) >= 11 is 0. The number of aryl methyl sites for hydroxylation is 4. The van der Waals surface area contributed by atoms with Gasteiger partial charge < -0.3 is 10.1 Å². The molecule has 0 fully saturated rings. The third kappa shape index (κ3) is 4.71. The summed E-state index contributed by atoms with van der Waals surface area (Å²) in [6, 6.07) is 12.6. The summed E-state index contributed by atoms with van der Waals surface area (Å²) < 4.78 is 6.07. The van der Waals surface area contributed by atoms with Gasteiger partial charge >= 0.3 is 0 Å². The lowest BCUT2D eigenvalue weighted by atomic mass is 9.92. The summed E-state index contributed by atoms with van der Waals surface area (Å²) in [7, 11) is 0. The van der Waals surface area contributed by atoms with Crippen molar-refractivity contribution in [3.05, 3.63) is 64.2 Å². The molecule has 3 nitrogen and oxygen atoms in total. The predicted octanol–water partition coefficient (Wildman–Crippen LogP) is 5.22. The van der Waals surface area contributed by atoms with E-state index >= 15 is 0 Å². The van der Waals surface area contributed by atoms with Gasteiger partial charge in [0.25, 0.3) is 5.91 Å². The number of ether oxygens (including phenoxy) is 1. The van der Waals surface area contributed by atoms with Crippen molar-refractivity contribution in [2.24, 2.45) is 0 Å². The molecule has 3 rings (SSSR count). The number of benzene rings is 2. The Bertz CT molecular complexity index is 812. The average molecular weight is 366 g/mol. The van der Waals surface area contributed by atoms with Crippen molar-refractivity contribution < 1.29 is 9.53 Å². The molecule has 0 aromatic heterocycles. The van der Waals surface area contributed by atoms with E-state index in [0.717, 1.165) is 24.2 Å². The smallest absolute Gasteiger partial charge is 0.261 e. The normalized spacial score (nSPS) is 15.6. The van der Waals surface area contributed by atoms with Crippen LogP contribution >= 0.6 is 0 Å². The Hall–Kier alpha value is -2.29. The van der Waals surface area contributed by atoms with E-state index < -0.39 is 6.10 Å². The Morgan fingerprint density at radius 2 is 1.81 bits per heavy atom. The number of carbonyl (C=O) groups is 1. The van der Waals surface area contributed by atoms with Crippen molar-refractivity contribution in [3.63, 3.8) is 0 Å². The molecule has 2 aromatic carbocycles. The molecule has 2 atom stereocenters. The van der Waals surface area contributed by atoms with Crippen molar-refractivity contribution in [2.75, 3.05) is 0 Å². The molecular weight excluding hydrogens is 334 g/mol. The van der Waals surface area contributed by atoms with E-state index in [1.54, 1.807) is 0 Å². The van der Waals surface area contributed by atoms with Gasteiger partial charge in [-0.3, -0.25) is 4.79 Å². The van der Waals surface area contributed by atoms with Gasteiger partial charge in [0, 0.05) is 0 Å². The molecular formula is C24H31NO2. The molecule has 0 heterocycles. The minimum Gasteiger partial charge on any atom is -0.481 e. The van der Waals surface area contributed by atoms with Gasteiger partial charge in [0.15, 0.2) is 6.10 Å². The highest BCUT2D eigenvalue weighted by Crippen LogP contribution is 2.26. The van der Waals surface area contributed by atoms with E-state index in [1.165, 1.54) is 35.1 Å². The Kier molecular flexibility index (Phi) is 6.20. The second-order valence-corrected chi connectivity index (χ2v) is 7.74. The zero-order valence-corrected chi connectivity index (χ0v) is 17.0. The molecule has 1 aliphatic carbocycles. The van der Waals surface area contributed by atoms with E-state index in [4.69, 9.17) is 4.74 Å². The zero-order chi connectivity index (χ0) is 19.4. The van der Waals surface area contributed by atoms with E-state index in [1.807, 2.05) is 19.9 Å². The molecule has 3 heteroatoms. The number of fused-ring (bicyclic) bond motifs is 1. The zero-order valence-electron chi connectivity index (χ0n) is 17.0. The lowest BCUT2D eigenvalue weighted by molar-refractivity contribution is -0.128. The molecule has 0 spiro atoms. The van der Waals surface area contributed by atoms with E-state index in [-0.39, 0.29) is 11.9 Å². The molecule has 144 valence electrons. The SMILES string of the molecule is CCC(Oc1ccc2c(c1)CCCC2)C(=O)NC(C)c1ccc(C)cc1C. The molecule has 0 saturated carbocycles. The van der Waals surface area contributed by atoms with Gasteiger partial charge in [-0.05, 0) is 87.3 Å². The molecule has 2 aromatic rings. The highest BCUT2D eigenvalue weighted by Gasteiger charge is 2.22. The van der Waals surface area contributed by atoms with Gasteiger partial charge in [0.1, 0.15) is 5.75 Å². The summed E-state index contributed by atoms with van der Waals surface area (Å²) in [4.78, 5) is 12.8. The van der Waals surface area contributed by atoms with Crippen LogP contribution in [0.2, 0.25) is 0 Å². The van der Waals surface area contributed by atoms with Crippen LogP contribution in [0.3, 0.4) is 0 Å². The highest BCUT2D eigenvalue weighted by atomic mass is 16.5. The summed E-state index contributed by atoms with van der Waals surface area (Å²) in [5.41, 5.74) is 6.38. The third-order valence-electron chi connectivity index (χ3n) is 5.51. The topological polar surface area (TPSA) is 38.3 Å². The summed E-state index contributed by atoms with van der Waals surface area (Å²) in [6.07, 6.45) is 4.94. The molecule has 0 aliphatic heterocycles. The summed E-state index contributed by atoms with van der Waals surface area (Å²) in [6.45, 7) is 8.19. The van der Waals surface area contributed by atoms with Crippen LogP contribution < -0.4 is 10.1 Å². The first-order chi connectivity index (χ1) is 13.0. The number of nitrogens with one attached hydrogen (secondary N) is 1. The van der Waals surface area contributed by atoms with Crippen molar-refractivity contribution >= 4 is 5.91 Å². The van der Waals surface area contributed by atoms with Crippen LogP contribution in [0.5, 0.6) is 5.75 Å². The van der Waals surface area contributed by atoms with Crippen LogP contribution in [0, 0.1) is 13.8 Å². The molecule has 1 N–H and O–H groups in total. The lowest BCUT2D eigenvalue weighted by Crippen LogP contribution is -2.39. The lowest BCUT2D eigenvalue weighted by Gasteiger charge is -2.23. The fraction of sp³-hybridized carbons (Fsp3) is 0.458. The highest BCUT2D eigenvalue weighted by molar-refractivity contribution is 5.81. The van der Waals surface area contributed by atoms with Crippen LogP contribution in [0.15, 0.2) is 36.4 Å². The van der Waals surface area contributed by atoms with Crippen molar-refractivity contribution in [1.29, 1.82) is 0 Å². The monoisotopic (exact) mass is 365 g/mol. The van der Waals surface area contributed by atoms with Crippen molar-refractivity contribution in [2.45, 2.75) is 71.9 Å². The first-order valence-corrected chi connectivity index (χ1v) is 10.1. The maximum atomic E-state index is 12.8. The van der Waals surface area contributed by atoms with Gasteiger partial charge in [0.05, 0.1) is 6.04 Å². The van der Waals surface area contributed by atoms with E-state index in [9.17, 15) is 4.79 Å². The van der Waals surface area contributed by atoms with E-state index in [0.29, 0.717) is 6.42 Å². The molecule has 0 radical (unpaired) electrons. The molecule has 0 bridgehead atoms. The summed E-state index contributed by atoms with van der Waals surface area (Å²) in [5.74, 6) is 0.750. The maximum absolute atomic E-state index is 12.8. The molecule has 1 amide bonds. The molecule has 2 unspecified atom stereocenters. The largest absolute Gasteiger partial charge is 0.481 e. The first-order valence-electron chi connectivity index (χ1n) is 10.1. The average Bonchev–Trinajstić information content (AvgIpc) is 2.65. The quantitative estimate of drug-likeness (QED) is 0.762. The predicted molar refractivity (Wildman–Crippen MR) is 110 cm³/mol. The maximum Gasteiger partial charge on any atom is 0.261 e. The van der Waals surface area contributed by atoms with E-state index in [2.05, 4.69) is 49.5 Å². The van der Waals surface area contributed by atoms with Crippen LogP contribution in [0.25, 0.3) is 0 Å². The standard InChI is InChI=1S/C24H31NO2/c1-5-23(27-21-12-11-19-8-6-7-9-20(19)15-21)24(26)25-18(4)22-13-10-16(2)14-17(22)3/h10-15,18,23H,5-9H2,1-4H3,(H,25,26). The minimum absolute atomic E-state index is 0.0423. The van der Waals surface area contributed by atoms with Crippen molar-refractivity contribution in [1.82, 2.24) is 5.32 Å². The van der Waals surface area contributed by atoms with Crippen LogP contribution in [-0.2, 0) is 17.6 Å².